The third-order valence-corrected chi connectivity index (χ3v) is 4.65. The molecule has 0 radical (unpaired) electrons. The van der Waals surface area contributed by atoms with E-state index in [2.05, 4.69) is 10.6 Å². The summed E-state index contributed by atoms with van der Waals surface area (Å²) in [6.07, 6.45) is 1.23. The van der Waals surface area contributed by atoms with E-state index in [0.717, 1.165) is 0 Å². The van der Waals surface area contributed by atoms with Gasteiger partial charge in [0.05, 0.1) is 24.4 Å². The minimum absolute atomic E-state index is 0.0782. The van der Waals surface area contributed by atoms with E-state index >= 15 is 0 Å². The highest BCUT2D eigenvalue weighted by molar-refractivity contribution is 6.10. The monoisotopic (exact) mass is 423 g/mol. The van der Waals surface area contributed by atoms with Gasteiger partial charge < -0.3 is 24.8 Å². The highest BCUT2D eigenvalue weighted by Crippen LogP contribution is 2.34. The summed E-state index contributed by atoms with van der Waals surface area (Å²) in [6.45, 7) is 1.89. The van der Waals surface area contributed by atoms with Crippen molar-refractivity contribution in [1.82, 2.24) is 0 Å². The fourth-order valence-corrected chi connectivity index (χ4v) is 3.31. The van der Waals surface area contributed by atoms with Crippen molar-refractivity contribution in [3.63, 3.8) is 0 Å². The molecule has 2 aromatic rings. The molecule has 9 nitrogen and oxygen atoms in total. The molecule has 2 N–H and O–H groups in total. The predicted octanol–water partition coefficient (Wildman–Crippen LogP) is 2.65. The van der Waals surface area contributed by atoms with Gasteiger partial charge in [-0.25, -0.2) is 0 Å². The van der Waals surface area contributed by atoms with Crippen molar-refractivity contribution < 1.29 is 28.6 Å². The third kappa shape index (κ3) is 4.61. The lowest BCUT2D eigenvalue weighted by molar-refractivity contribution is -0.142. The van der Waals surface area contributed by atoms with E-state index < -0.39 is 11.9 Å². The summed E-state index contributed by atoms with van der Waals surface area (Å²) in [4.78, 5) is 38.8. The molecule has 0 unspecified atom stereocenters. The summed E-state index contributed by atoms with van der Waals surface area (Å²) < 4.78 is 15.6. The van der Waals surface area contributed by atoms with Crippen molar-refractivity contribution in [3.05, 3.63) is 54.2 Å². The number of anilines is 3. The summed E-state index contributed by atoms with van der Waals surface area (Å²) >= 11 is 0. The molecule has 2 aliphatic heterocycles. The molecule has 160 valence electrons. The number of hydrogen-bond donors (Lipinski definition) is 2. The normalized spacial score (nSPS) is 14.2. The zero-order chi connectivity index (χ0) is 21.8. The molecular formula is C22H21N3O6. The lowest BCUT2D eigenvalue weighted by Gasteiger charge is -2.21. The van der Waals surface area contributed by atoms with Gasteiger partial charge in [-0.05, 0) is 31.2 Å². The molecule has 0 atom stereocenters. The second-order valence-corrected chi connectivity index (χ2v) is 6.83. The van der Waals surface area contributed by atoms with Crippen LogP contribution in [0.15, 0.2) is 54.2 Å². The quantitative estimate of drug-likeness (QED) is 0.688. The van der Waals surface area contributed by atoms with Crippen LogP contribution in [-0.4, -0.2) is 37.7 Å². The van der Waals surface area contributed by atoms with Crippen molar-refractivity contribution in [1.29, 1.82) is 0 Å². The van der Waals surface area contributed by atoms with E-state index in [1.165, 1.54) is 11.0 Å². The number of ether oxygens (including phenoxy) is 3. The van der Waals surface area contributed by atoms with Crippen LogP contribution < -0.4 is 25.0 Å². The van der Waals surface area contributed by atoms with Gasteiger partial charge >= 0.3 is 5.97 Å². The Balaban J connectivity index is 1.52. The maximum Gasteiger partial charge on any atom is 0.311 e. The number of para-hydroxylation sites is 2. The number of carbonyl (C=O) groups excluding carboxylic acids is 3. The van der Waals surface area contributed by atoms with Crippen LogP contribution in [0.5, 0.6) is 11.5 Å². The molecule has 4 rings (SSSR count). The molecule has 2 amide bonds. The number of benzene rings is 2. The first-order chi connectivity index (χ1) is 15.0. The fourth-order valence-electron chi connectivity index (χ4n) is 3.31. The Morgan fingerprint density at radius 3 is 2.81 bits per heavy atom. The second-order valence-electron chi connectivity index (χ2n) is 6.83. The first kappa shape index (κ1) is 20.3. The smallest absolute Gasteiger partial charge is 0.311 e. The van der Waals surface area contributed by atoms with Gasteiger partial charge in [0, 0.05) is 23.5 Å². The van der Waals surface area contributed by atoms with Crippen LogP contribution >= 0.6 is 0 Å². The molecule has 0 spiro atoms. The first-order valence-electron chi connectivity index (χ1n) is 9.76. The number of hydrogen-bond acceptors (Lipinski definition) is 7. The molecule has 0 saturated carbocycles. The van der Waals surface area contributed by atoms with E-state index in [9.17, 15) is 14.4 Å². The summed E-state index contributed by atoms with van der Waals surface area (Å²) in [7, 11) is 0. The van der Waals surface area contributed by atoms with Gasteiger partial charge in [-0.2, -0.15) is 0 Å². The van der Waals surface area contributed by atoms with Gasteiger partial charge in [-0.3, -0.25) is 19.3 Å². The Morgan fingerprint density at radius 1 is 1.16 bits per heavy atom. The van der Waals surface area contributed by atoms with Crippen LogP contribution in [0.4, 0.5) is 17.1 Å². The largest absolute Gasteiger partial charge is 0.466 e. The van der Waals surface area contributed by atoms with E-state index in [4.69, 9.17) is 14.2 Å². The Kier molecular flexibility index (Phi) is 5.74. The molecule has 0 fully saturated rings. The Labute approximate surface area is 178 Å². The molecule has 31 heavy (non-hydrogen) atoms. The SMILES string of the molecule is CCOC(=O)CC1=CC(=O)N(CC(=O)Nc2ccc3c(c2)OCO3)c2ccccc2N1. The minimum atomic E-state index is -0.444. The highest BCUT2D eigenvalue weighted by Gasteiger charge is 2.25. The van der Waals surface area contributed by atoms with E-state index in [1.54, 1.807) is 49.4 Å². The maximum atomic E-state index is 12.9. The van der Waals surface area contributed by atoms with Crippen molar-refractivity contribution in [2.45, 2.75) is 13.3 Å². The number of rotatable bonds is 6. The standard InChI is InChI=1S/C22H21N3O6/c1-2-29-22(28)11-15-10-21(27)25(17-6-4-3-5-16(17)23-15)12-20(26)24-14-7-8-18-19(9-14)31-13-30-18/h3-10,23H,2,11-13H2,1H3,(H,24,26). The lowest BCUT2D eigenvalue weighted by Crippen LogP contribution is -2.37. The Bertz CT molecular complexity index is 1060. The van der Waals surface area contributed by atoms with Gasteiger partial charge in [0.15, 0.2) is 11.5 Å². The highest BCUT2D eigenvalue weighted by atomic mass is 16.7. The van der Waals surface area contributed by atoms with E-state index in [0.29, 0.717) is 34.3 Å². The van der Waals surface area contributed by atoms with Crippen LogP contribution in [0, 0.1) is 0 Å². The van der Waals surface area contributed by atoms with Gasteiger partial charge in [0.25, 0.3) is 5.91 Å². The van der Waals surface area contributed by atoms with Crippen molar-refractivity contribution in [2.24, 2.45) is 0 Å². The number of fused-ring (bicyclic) bond motifs is 2. The fraction of sp³-hybridized carbons (Fsp3) is 0.227. The number of esters is 1. The first-order valence-corrected chi connectivity index (χ1v) is 9.76. The molecular weight excluding hydrogens is 402 g/mol. The molecule has 2 aromatic carbocycles. The summed E-state index contributed by atoms with van der Waals surface area (Å²) in [5, 5.41) is 5.86. The number of amides is 2. The number of nitrogens with one attached hydrogen (secondary N) is 2. The van der Waals surface area contributed by atoms with Crippen LogP contribution in [0.1, 0.15) is 13.3 Å². The third-order valence-electron chi connectivity index (χ3n) is 4.65. The zero-order valence-corrected chi connectivity index (χ0v) is 16.8. The van der Waals surface area contributed by atoms with Gasteiger partial charge in [-0.1, -0.05) is 12.1 Å². The van der Waals surface area contributed by atoms with Crippen LogP contribution in [0.25, 0.3) is 0 Å². The second kappa shape index (κ2) is 8.78. The summed E-state index contributed by atoms with van der Waals surface area (Å²) in [6, 6.07) is 12.1. The van der Waals surface area contributed by atoms with Crippen LogP contribution in [0.3, 0.4) is 0 Å². The van der Waals surface area contributed by atoms with Crippen molar-refractivity contribution in [3.8, 4) is 11.5 Å². The summed E-state index contributed by atoms with van der Waals surface area (Å²) in [5.74, 6) is -0.0907. The van der Waals surface area contributed by atoms with E-state index in [-0.39, 0.29) is 32.3 Å². The Morgan fingerprint density at radius 2 is 1.97 bits per heavy atom. The molecule has 0 bridgehead atoms. The number of carbonyl (C=O) groups is 3. The molecule has 2 heterocycles. The molecule has 2 aliphatic rings. The summed E-state index contributed by atoms with van der Waals surface area (Å²) in [5.41, 5.74) is 2.07. The number of nitrogens with zero attached hydrogens (tertiary/aromatic N) is 1. The van der Waals surface area contributed by atoms with E-state index in [1.807, 2.05) is 0 Å². The maximum absolute atomic E-state index is 12.9. The topological polar surface area (TPSA) is 106 Å². The van der Waals surface area contributed by atoms with Gasteiger partial charge in [-0.15, -0.1) is 0 Å². The average molecular weight is 423 g/mol. The van der Waals surface area contributed by atoms with Crippen molar-refractivity contribution >= 4 is 34.8 Å². The zero-order valence-electron chi connectivity index (χ0n) is 16.8. The molecule has 0 aliphatic carbocycles. The minimum Gasteiger partial charge on any atom is -0.466 e. The molecule has 0 saturated heterocycles. The van der Waals surface area contributed by atoms with Crippen LogP contribution in [-0.2, 0) is 19.1 Å². The molecule has 9 heteroatoms. The Hall–Kier alpha value is -4.01. The molecule has 0 aromatic heterocycles. The van der Waals surface area contributed by atoms with Crippen molar-refractivity contribution in [2.75, 3.05) is 35.5 Å². The van der Waals surface area contributed by atoms with Gasteiger partial charge in [0.2, 0.25) is 12.7 Å². The predicted molar refractivity (Wildman–Crippen MR) is 113 cm³/mol. The average Bonchev–Trinajstić information content (AvgIpc) is 3.15. The van der Waals surface area contributed by atoms with Gasteiger partial charge in [0.1, 0.15) is 6.54 Å². The lowest BCUT2D eigenvalue weighted by atomic mass is 10.2. The van der Waals surface area contributed by atoms with Crippen LogP contribution in [0.2, 0.25) is 0 Å².